The number of likely N-dealkylation sites (tertiary alicyclic amines) is 1. The molecule has 1 aromatic heterocycles. The molecule has 0 saturated carbocycles. The molecular weight excluding hydrogens is 383 g/mol. The Kier molecular flexibility index (Phi) is 6.59. The third kappa shape index (κ3) is 5.61. The van der Waals surface area contributed by atoms with E-state index in [1.54, 1.807) is 18.3 Å². The molecule has 0 radical (unpaired) electrons. The van der Waals surface area contributed by atoms with Gasteiger partial charge in [0, 0.05) is 32.2 Å². The Morgan fingerprint density at radius 3 is 2.64 bits per heavy atom. The third-order valence-corrected chi connectivity index (χ3v) is 4.99. The van der Waals surface area contributed by atoms with Gasteiger partial charge in [0.15, 0.2) is 0 Å². The van der Waals surface area contributed by atoms with Crippen LogP contribution in [0.25, 0.3) is 0 Å². The topological polar surface area (TPSA) is 50.3 Å². The van der Waals surface area contributed by atoms with Gasteiger partial charge < -0.3 is 15.0 Å². The minimum Gasteiger partial charge on any atom is -0.490 e. The van der Waals surface area contributed by atoms with Crippen molar-refractivity contribution in [2.75, 3.05) is 31.5 Å². The zero-order chi connectivity index (χ0) is 17.6. The van der Waals surface area contributed by atoms with Crippen molar-refractivity contribution in [3.63, 3.8) is 0 Å². The summed E-state index contributed by atoms with van der Waals surface area (Å²) in [6, 6.07) is 5.39. The molecule has 5 nitrogen and oxygen atoms in total. The van der Waals surface area contributed by atoms with Gasteiger partial charge in [-0.05, 0) is 25.0 Å². The first-order valence-corrected chi connectivity index (χ1v) is 9.29. The second-order valence-electron chi connectivity index (χ2n) is 5.89. The molecule has 1 aromatic carbocycles. The first-order chi connectivity index (χ1) is 12.1. The van der Waals surface area contributed by atoms with Gasteiger partial charge in [-0.15, -0.1) is 0 Å². The van der Waals surface area contributed by atoms with E-state index in [1.165, 1.54) is 6.20 Å². The Labute approximate surface area is 162 Å². The number of anilines is 1. The lowest BCUT2D eigenvalue weighted by Gasteiger charge is -2.32. The van der Waals surface area contributed by atoms with E-state index in [1.807, 2.05) is 6.07 Å². The van der Waals surface area contributed by atoms with Crippen LogP contribution in [-0.2, 0) is 0 Å². The lowest BCUT2D eigenvalue weighted by Crippen LogP contribution is -2.40. The van der Waals surface area contributed by atoms with E-state index < -0.39 is 0 Å². The normalized spacial score (nSPS) is 16.0. The highest BCUT2D eigenvalue weighted by Crippen LogP contribution is 2.28. The lowest BCUT2D eigenvalue weighted by atomic mass is 10.1. The predicted molar refractivity (Wildman–Crippen MR) is 102 cm³/mol. The first-order valence-electron chi connectivity index (χ1n) is 8.15. The van der Waals surface area contributed by atoms with E-state index in [0.717, 1.165) is 44.8 Å². The number of hydrogen-bond acceptors (Lipinski definition) is 5. The molecule has 2 heterocycles. The van der Waals surface area contributed by atoms with Crippen molar-refractivity contribution in [1.29, 1.82) is 0 Å². The van der Waals surface area contributed by atoms with Crippen LogP contribution < -0.4 is 10.1 Å². The van der Waals surface area contributed by atoms with Crippen molar-refractivity contribution in [3.8, 4) is 5.75 Å². The lowest BCUT2D eigenvalue weighted by molar-refractivity contribution is 0.103. The third-order valence-electron chi connectivity index (χ3n) is 4.07. The first kappa shape index (κ1) is 18.5. The molecule has 1 aliphatic heterocycles. The summed E-state index contributed by atoms with van der Waals surface area (Å²) < 4.78 is 6.01. The van der Waals surface area contributed by atoms with Crippen molar-refractivity contribution in [3.05, 3.63) is 45.8 Å². The van der Waals surface area contributed by atoms with E-state index in [0.29, 0.717) is 21.0 Å². The summed E-state index contributed by atoms with van der Waals surface area (Å²) in [5, 5.41) is 4.69. The monoisotopic (exact) mass is 400 g/mol. The molecule has 3 rings (SSSR count). The highest BCUT2D eigenvalue weighted by Gasteiger charge is 2.20. The van der Waals surface area contributed by atoms with Crippen molar-refractivity contribution in [2.45, 2.75) is 18.9 Å². The van der Waals surface area contributed by atoms with Crippen molar-refractivity contribution >= 4 is 40.6 Å². The maximum absolute atomic E-state index is 6.03. The van der Waals surface area contributed by atoms with Gasteiger partial charge in [-0.1, -0.05) is 34.8 Å². The molecule has 0 atom stereocenters. The van der Waals surface area contributed by atoms with Gasteiger partial charge in [0.25, 0.3) is 0 Å². The van der Waals surface area contributed by atoms with Crippen LogP contribution in [0, 0.1) is 0 Å². The fourth-order valence-corrected chi connectivity index (χ4v) is 3.20. The van der Waals surface area contributed by atoms with Gasteiger partial charge in [0.2, 0.25) is 0 Å². The average molecular weight is 402 g/mol. The number of hydrogen-bond donors (Lipinski definition) is 1. The number of rotatable bonds is 6. The molecule has 0 spiro atoms. The highest BCUT2D eigenvalue weighted by molar-refractivity contribution is 6.42. The molecule has 0 unspecified atom stereocenters. The highest BCUT2D eigenvalue weighted by atomic mass is 35.5. The largest absolute Gasteiger partial charge is 0.490 e. The quantitative estimate of drug-likeness (QED) is 0.778. The number of nitrogens with zero attached hydrogens (tertiary/aromatic N) is 3. The predicted octanol–water partition coefficient (Wildman–Crippen LogP) is 4.39. The summed E-state index contributed by atoms with van der Waals surface area (Å²) in [6.45, 7) is 3.73. The molecule has 134 valence electrons. The fourth-order valence-electron chi connectivity index (χ4n) is 2.76. The van der Waals surface area contributed by atoms with E-state index in [4.69, 9.17) is 39.5 Å². The Morgan fingerprint density at radius 1 is 1.12 bits per heavy atom. The van der Waals surface area contributed by atoms with E-state index in [-0.39, 0.29) is 6.10 Å². The van der Waals surface area contributed by atoms with Crippen LogP contribution in [0.15, 0.2) is 30.6 Å². The molecule has 0 aliphatic carbocycles. The molecular formula is C17H19Cl3N4O. The van der Waals surface area contributed by atoms with Crippen LogP contribution in [0.4, 0.5) is 5.82 Å². The molecule has 25 heavy (non-hydrogen) atoms. The number of ether oxygens (including phenoxy) is 1. The number of halogens is 3. The molecule has 1 saturated heterocycles. The van der Waals surface area contributed by atoms with Crippen LogP contribution in [0.5, 0.6) is 5.75 Å². The minimum atomic E-state index is 0.209. The Morgan fingerprint density at radius 2 is 1.92 bits per heavy atom. The SMILES string of the molecule is Clc1cncc(NCCN2CCC(Oc3ccc(Cl)c(Cl)c3)CC2)n1. The van der Waals surface area contributed by atoms with Gasteiger partial charge in [-0.3, -0.25) is 4.98 Å². The second kappa shape index (κ2) is 8.90. The summed E-state index contributed by atoms with van der Waals surface area (Å²) >= 11 is 17.8. The Hall–Kier alpha value is -1.27. The van der Waals surface area contributed by atoms with Crippen LogP contribution in [0.1, 0.15) is 12.8 Å². The van der Waals surface area contributed by atoms with Gasteiger partial charge in [0.05, 0.1) is 22.4 Å². The van der Waals surface area contributed by atoms with Crippen LogP contribution >= 0.6 is 34.8 Å². The Bertz CT molecular complexity index is 708. The summed E-state index contributed by atoms with van der Waals surface area (Å²) in [4.78, 5) is 10.6. The zero-order valence-corrected chi connectivity index (χ0v) is 15.9. The standard InChI is InChI=1S/C17H19Cl3N4O/c18-14-2-1-13(9-15(14)19)25-12-3-6-24(7-4-12)8-5-22-17-11-21-10-16(20)23-17/h1-2,9-12H,3-8H2,(H,22,23). The van der Waals surface area contributed by atoms with Gasteiger partial charge in [0.1, 0.15) is 22.8 Å². The van der Waals surface area contributed by atoms with E-state index in [2.05, 4.69) is 20.2 Å². The van der Waals surface area contributed by atoms with Gasteiger partial charge >= 0.3 is 0 Å². The summed E-state index contributed by atoms with van der Waals surface area (Å²) in [5.41, 5.74) is 0. The van der Waals surface area contributed by atoms with Crippen molar-refractivity contribution in [1.82, 2.24) is 14.9 Å². The van der Waals surface area contributed by atoms with Crippen molar-refractivity contribution < 1.29 is 4.74 Å². The fraction of sp³-hybridized carbons (Fsp3) is 0.412. The average Bonchev–Trinajstić information content (AvgIpc) is 2.60. The van der Waals surface area contributed by atoms with Crippen molar-refractivity contribution in [2.24, 2.45) is 0 Å². The number of aromatic nitrogens is 2. The van der Waals surface area contributed by atoms with E-state index in [9.17, 15) is 0 Å². The number of benzene rings is 1. The van der Waals surface area contributed by atoms with E-state index >= 15 is 0 Å². The molecule has 0 amide bonds. The Balaban J connectivity index is 1.39. The van der Waals surface area contributed by atoms with Gasteiger partial charge in [-0.25, -0.2) is 4.98 Å². The summed E-state index contributed by atoms with van der Waals surface area (Å²) in [5.74, 6) is 1.47. The maximum Gasteiger partial charge on any atom is 0.149 e. The van der Waals surface area contributed by atoms with Crippen LogP contribution in [0.2, 0.25) is 15.2 Å². The molecule has 1 N–H and O–H groups in total. The van der Waals surface area contributed by atoms with Gasteiger partial charge in [-0.2, -0.15) is 0 Å². The van der Waals surface area contributed by atoms with Crippen LogP contribution in [-0.4, -0.2) is 47.2 Å². The summed E-state index contributed by atoms with van der Waals surface area (Å²) in [6.07, 6.45) is 5.36. The maximum atomic E-state index is 6.03. The molecule has 1 fully saturated rings. The summed E-state index contributed by atoms with van der Waals surface area (Å²) in [7, 11) is 0. The smallest absolute Gasteiger partial charge is 0.149 e. The molecule has 8 heteroatoms. The molecule has 0 bridgehead atoms. The number of nitrogens with one attached hydrogen (secondary N) is 1. The molecule has 1 aliphatic rings. The molecule has 2 aromatic rings. The minimum absolute atomic E-state index is 0.209. The second-order valence-corrected chi connectivity index (χ2v) is 7.09. The number of piperidine rings is 1. The zero-order valence-electron chi connectivity index (χ0n) is 13.6. The van der Waals surface area contributed by atoms with Crippen LogP contribution in [0.3, 0.4) is 0 Å².